The molecule has 9 aliphatic rings. The van der Waals surface area contributed by atoms with Gasteiger partial charge in [0, 0.05) is 33.8 Å². The number of morpholine rings is 3. The molecule has 3 aromatic carbocycles. The van der Waals surface area contributed by atoms with Gasteiger partial charge in [-0.1, -0.05) is 44.0 Å². The number of amides is 12. The summed E-state index contributed by atoms with van der Waals surface area (Å²) in [7, 11) is 0. The Labute approximate surface area is 565 Å². The minimum Gasteiger partial charge on any atom is -0.361 e. The number of barbiturate groups is 3. The summed E-state index contributed by atoms with van der Waals surface area (Å²) in [4.78, 5) is 155. The molecule has 3 aromatic rings. The van der Waals surface area contributed by atoms with Crippen molar-refractivity contribution in [3.8, 4) is 0 Å². The molecule has 0 aromatic heterocycles. The number of ether oxygens (including phenoxy) is 3. The first kappa shape index (κ1) is 73.7. The van der Waals surface area contributed by atoms with Gasteiger partial charge in [0.2, 0.25) is 41.2 Å². The average molecular weight is 1470 g/mol. The number of carbonyl (C=O) groups excluding carboxylic acids is 12. The molecule has 0 radical (unpaired) electrons. The lowest BCUT2D eigenvalue weighted by molar-refractivity contribution is -0.245. The topological polar surface area (TPSA) is 319 Å². The lowest BCUT2D eigenvalue weighted by Crippen LogP contribution is -2.76. The average Bonchev–Trinajstić information content (AvgIpc) is 0.719. The van der Waals surface area contributed by atoms with Crippen LogP contribution in [0.4, 0.5) is 84.1 Å². The fourth-order valence-electron chi connectivity index (χ4n) is 14.6. The molecule has 6 saturated heterocycles. The van der Waals surface area contributed by atoms with E-state index in [2.05, 4.69) is 26.1 Å². The molecule has 6 N–H and O–H groups in total. The zero-order chi connectivity index (χ0) is 73.6. The Morgan fingerprint density at radius 3 is 1.04 bits per heavy atom. The number of ketones is 3. The molecule has 536 valence electrons. The Hall–Kier alpha value is -8.99. The Bertz CT molecular complexity index is 3970. The molecule has 39 heteroatoms. The van der Waals surface area contributed by atoms with Gasteiger partial charge in [-0.2, -0.15) is 52.7 Å². The standard InChI is InChI=1S/C21H19F3N4O5.C20H18Cl2F3N3O5.C20H17F6N3O5/c1-3-14-16-20(17(30)26-19(32)27-18(20)31)7-11-6-10(13(29)8-25-2)4-5-12(11)28(16)9-15(33-14)21(22,23)24;1-2-11-14-19(16(30)26-18(32)27-17(19)31)6-9-5-8(13(29)15(21)22)3-4-10(9)28(14)7-12(33-11)20(23,24)25;1-2-11-13-18(15(31)27-17(33)28-16(18)32)6-9-5-8(14(30)20(24,25)26)3-4-10(9)29(13)7-12(34-11)19(21,22)23/h4-6,14-16H,3,7-9H2,1H3,(H2,26,27,30,31,32);3-5,11-12,14-15H,2,6-7H2,1H3,(H2,26,27,30,31,32);3-5,11-13H,2,6-7H2,1H3,(H2,27,28,31,32,33)/t14-,15-,16+;11-,12-,14+;11-,12-,13+/m000/s1. The molecule has 9 aliphatic heterocycles. The second-order valence-electron chi connectivity index (χ2n) is 24.5. The van der Waals surface area contributed by atoms with Crippen molar-refractivity contribution in [1.82, 2.24) is 31.9 Å². The number of imide groups is 6. The van der Waals surface area contributed by atoms with Crippen molar-refractivity contribution in [3.05, 3.63) is 99.4 Å². The molecule has 9 atom stereocenters. The summed E-state index contributed by atoms with van der Waals surface area (Å²) in [5.41, 5.74) is -5.61. The maximum Gasteiger partial charge on any atom is 0.454 e. The van der Waals surface area contributed by atoms with Crippen LogP contribution >= 0.6 is 23.2 Å². The molecule has 6 fully saturated rings. The highest BCUT2D eigenvalue weighted by atomic mass is 35.5. The second-order valence-corrected chi connectivity index (χ2v) is 25.6. The van der Waals surface area contributed by atoms with E-state index >= 15 is 0 Å². The van der Waals surface area contributed by atoms with Gasteiger partial charge >= 0.3 is 42.8 Å². The van der Waals surface area contributed by atoms with Crippen molar-refractivity contribution in [2.24, 2.45) is 16.2 Å². The van der Waals surface area contributed by atoms with Crippen LogP contribution in [-0.2, 0) is 62.2 Å². The highest BCUT2D eigenvalue weighted by Crippen LogP contribution is 2.53. The molecule has 3 spiro atoms. The Morgan fingerprint density at radius 1 is 0.490 bits per heavy atom. The van der Waals surface area contributed by atoms with Crippen molar-refractivity contribution < 1.29 is 124 Å². The number of Topliss-reactive ketones (excluding diaryl/α,β-unsaturated/α-hetero) is 3. The maximum absolute atomic E-state index is 13.7. The van der Waals surface area contributed by atoms with Gasteiger partial charge in [-0.05, 0) is 110 Å². The van der Waals surface area contributed by atoms with Crippen molar-refractivity contribution in [1.29, 1.82) is 0 Å². The number of nitrogens with one attached hydrogen (secondary N) is 6. The van der Waals surface area contributed by atoms with Crippen LogP contribution in [0.3, 0.4) is 0 Å². The van der Waals surface area contributed by atoms with Gasteiger partial charge in [-0.3, -0.25) is 75.1 Å². The van der Waals surface area contributed by atoms with Crippen LogP contribution < -0.4 is 46.6 Å². The van der Waals surface area contributed by atoms with Crippen LogP contribution in [0.2, 0.25) is 0 Å². The number of fused-ring (bicyclic) bond motifs is 12. The maximum atomic E-state index is 13.7. The van der Waals surface area contributed by atoms with Crippen molar-refractivity contribution >= 4 is 111 Å². The van der Waals surface area contributed by atoms with Crippen LogP contribution in [0, 0.1) is 22.8 Å². The number of alkyl halides is 14. The number of urea groups is 3. The molecule has 100 heavy (non-hydrogen) atoms. The Morgan fingerprint density at radius 2 is 0.770 bits per heavy atom. The predicted octanol–water partition coefficient (Wildman–Crippen LogP) is 6.36. The summed E-state index contributed by atoms with van der Waals surface area (Å²) in [6, 6.07) is 4.36. The van der Waals surface area contributed by atoms with Crippen LogP contribution in [0.1, 0.15) is 87.8 Å². The molecule has 9 heterocycles. The Kier molecular flexibility index (Phi) is 19.5. The molecular weight excluding hydrogens is 1410 g/mol. The zero-order valence-electron chi connectivity index (χ0n) is 51.7. The van der Waals surface area contributed by atoms with E-state index in [1.165, 1.54) is 53.1 Å². The smallest absolute Gasteiger partial charge is 0.361 e. The number of hydrogen-bond donors (Lipinski definition) is 6. The van der Waals surface area contributed by atoms with Crippen LogP contribution in [0.25, 0.3) is 4.85 Å². The molecule has 0 saturated carbocycles. The van der Waals surface area contributed by atoms with Crippen molar-refractivity contribution in [3.63, 3.8) is 0 Å². The van der Waals surface area contributed by atoms with E-state index in [4.69, 9.17) is 44.0 Å². The van der Waals surface area contributed by atoms with Crippen molar-refractivity contribution in [2.75, 3.05) is 40.9 Å². The number of anilines is 3. The van der Waals surface area contributed by atoms with E-state index in [-0.39, 0.29) is 60.0 Å². The van der Waals surface area contributed by atoms with Gasteiger partial charge in [0.25, 0.3) is 12.3 Å². The van der Waals surface area contributed by atoms with Crippen LogP contribution in [0.5, 0.6) is 0 Å². The number of rotatable bonds is 8. The molecule has 12 rings (SSSR count). The largest absolute Gasteiger partial charge is 0.454 e. The normalized spacial score (nSPS) is 26.4. The minimum absolute atomic E-state index is 0.0304. The zero-order valence-corrected chi connectivity index (χ0v) is 53.3. The minimum atomic E-state index is -5.22. The number of benzene rings is 3. The third kappa shape index (κ3) is 12.8. The van der Waals surface area contributed by atoms with Gasteiger partial charge in [0.1, 0.15) is 0 Å². The van der Waals surface area contributed by atoms with Crippen LogP contribution in [-0.4, -0.2) is 181 Å². The molecule has 12 amide bonds. The number of nitrogens with zero attached hydrogens (tertiary/aromatic N) is 4. The lowest BCUT2D eigenvalue weighted by atomic mass is 9.66. The van der Waals surface area contributed by atoms with Gasteiger partial charge < -0.3 is 33.8 Å². The second kappa shape index (κ2) is 26.5. The van der Waals surface area contributed by atoms with Gasteiger partial charge in [-0.25, -0.2) is 21.0 Å². The quantitative estimate of drug-likeness (QED) is 0.0469. The SMILES string of the molecule is CC[C@@H]1O[C@H](C(F)(F)F)CN2c3ccc(C(=O)C(Cl)Cl)cc3CC3(C(=O)NC(=O)NC3=O)[C@@H]12.CC[C@@H]1O[C@H](C(F)(F)F)CN2c3ccc(C(=O)C(F)(F)F)cc3CC3(C(=O)NC(=O)NC3=O)[C@@H]12.[C-]#[N+]CC(=O)c1ccc2c(c1)CC1(C(=O)NC(=O)NC1=O)[C@H]1[C@H](CC)O[C@H](C(F)(F)F)CN21. The predicted molar refractivity (Wildman–Crippen MR) is 317 cm³/mol. The van der Waals surface area contributed by atoms with Gasteiger partial charge in [0.05, 0.1) is 56.1 Å². The van der Waals surface area contributed by atoms with E-state index in [1.54, 1.807) is 13.8 Å². The summed E-state index contributed by atoms with van der Waals surface area (Å²) in [6.45, 7) is 8.88. The van der Waals surface area contributed by atoms with Crippen LogP contribution in [0.15, 0.2) is 54.6 Å². The first-order valence-corrected chi connectivity index (χ1v) is 31.2. The lowest BCUT2D eigenvalue weighted by Gasteiger charge is -2.56. The first-order chi connectivity index (χ1) is 46.6. The van der Waals surface area contributed by atoms with E-state index < -0.39 is 210 Å². The summed E-state index contributed by atoms with van der Waals surface area (Å²) < 4.78 is 177. The van der Waals surface area contributed by atoms with Gasteiger partial charge in [-0.15, -0.1) is 0 Å². The van der Waals surface area contributed by atoms with E-state index in [0.29, 0.717) is 16.9 Å². The summed E-state index contributed by atoms with van der Waals surface area (Å²) >= 11 is 11.3. The third-order valence-corrected chi connectivity index (χ3v) is 19.3. The molecular formula is C61H54Cl2F12N10O15. The summed E-state index contributed by atoms with van der Waals surface area (Å²) in [5.74, 6) is -9.37. The third-order valence-electron chi connectivity index (χ3n) is 18.9. The number of hydrogen-bond acceptors (Lipinski definition) is 18. The molecule has 0 unspecified atom stereocenters. The highest BCUT2D eigenvalue weighted by Gasteiger charge is 2.69. The summed E-state index contributed by atoms with van der Waals surface area (Å²) in [5, 5.41) is 12.1. The molecule has 0 bridgehead atoms. The molecule has 25 nitrogen and oxygen atoms in total. The number of halogens is 14. The van der Waals surface area contributed by atoms with Crippen molar-refractivity contribution in [2.45, 2.75) is 144 Å². The molecule has 0 aliphatic carbocycles. The fourth-order valence-corrected chi connectivity index (χ4v) is 14.8. The van der Waals surface area contributed by atoms with Gasteiger partial charge in [0.15, 0.2) is 45.2 Å². The summed E-state index contributed by atoms with van der Waals surface area (Å²) in [6.07, 6.45) is -30.7. The monoisotopic (exact) mass is 1460 g/mol. The highest BCUT2D eigenvalue weighted by molar-refractivity contribution is 6.55. The van der Waals surface area contributed by atoms with E-state index in [1.807, 2.05) is 10.6 Å². The van der Waals surface area contributed by atoms with E-state index in [0.717, 1.165) is 23.1 Å². The first-order valence-electron chi connectivity index (χ1n) is 30.3. The van der Waals surface area contributed by atoms with E-state index in [9.17, 15) is 110 Å². The Balaban J connectivity index is 0.000000162. The number of carbonyl (C=O) groups is 12. The fraction of sp³-hybridized carbons (Fsp3) is 0.492.